The van der Waals surface area contributed by atoms with Gasteiger partial charge >= 0.3 is 5.97 Å². The van der Waals surface area contributed by atoms with E-state index < -0.39 is 18.9 Å². The molecule has 140 valence electrons. The Morgan fingerprint density at radius 1 is 1.28 bits per heavy atom. The Bertz CT molecular complexity index is 654. The minimum atomic E-state index is -2.06. The molecule has 0 spiro atoms. The highest BCUT2D eigenvalue weighted by Gasteiger charge is 2.53. The van der Waals surface area contributed by atoms with Crippen LogP contribution in [0.25, 0.3) is 0 Å². The van der Waals surface area contributed by atoms with Crippen molar-refractivity contribution in [2.24, 2.45) is 0 Å². The Labute approximate surface area is 172 Å². The summed E-state index contributed by atoms with van der Waals surface area (Å²) < 4.78 is 30.5. The van der Waals surface area contributed by atoms with E-state index in [-0.39, 0.29) is 59.3 Å². The summed E-state index contributed by atoms with van der Waals surface area (Å²) in [6.45, 7) is 1.61. The smallest absolute Gasteiger partial charge is 0.316 e. The lowest BCUT2D eigenvalue weighted by Crippen LogP contribution is -3.00. The van der Waals surface area contributed by atoms with E-state index in [1.54, 1.807) is 0 Å². The summed E-state index contributed by atoms with van der Waals surface area (Å²) in [5.74, 6) is -1.12. The molecule has 3 unspecified atom stereocenters. The molecule has 25 heavy (non-hydrogen) atoms. The third kappa shape index (κ3) is 3.88. The first-order valence-electron chi connectivity index (χ1n) is 10.5. The predicted octanol–water partition coefficient (Wildman–Crippen LogP) is -0.142. The molecule has 1 aromatic rings. The summed E-state index contributed by atoms with van der Waals surface area (Å²) in [6, 6.07) is 9.11. The van der Waals surface area contributed by atoms with Crippen molar-refractivity contribution in [3.05, 3.63) is 35.9 Å². The highest BCUT2D eigenvalue weighted by atomic mass is 127. The number of carbonyl (C=O) groups is 1. The highest BCUT2D eigenvalue weighted by Crippen LogP contribution is 2.44. The molecular weight excluding hydrogens is 429 g/mol. The summed E-state index contributed by atoms with van der Waals surface area (Å²) >= 11 is 0. The third-order valence-corrected chi connectivity index (χ3v) is 5.92. The van der Waals surface area contributed by atoms with Crippen LogP contribution in [-0.4, -0.2) is 53.4 Å². The summed E-state index contributed by atoms with van der Waals surface area (Å²) in [4.78, 5) is 12.7. The van der Waals surface area contributed by atoms with E-state index in [1.165, 1.54) is 0 Å². The minimum Gasteiger partial charge on any atom is -1.00 e. The number of quaternary nitrogens is 1. The van der Waals surface area contributed by atoms with Gasteiger partial charge in [-0.05, 0) is 19.4 Å². The van der Waals surface area contributed by atoms with Crippen LogP contribution in [0.3, 0.4) is 0 Å². The van der Waals surface area contributed by atoms with Gasteiger partial charge in [0.15, 0.2) is 0 Å². The Morgan fingerprint density at radius 3 is 2.36 bits per heavy atom. The fraction of sp³-hybridized carbons (Fsp3) is 0.650. The summed E-state index contributed by atoms with van der Waals surface area (Å²) in [5.41, 5.74) is 0.735. The molecule has 2 bridgehead atoms. The van der Waals surface area contributed by atoms with Crippen molar-refractivity contribution >= 4 is 5.97 Å². The van der Waals surface area contributed by atoms with Gasteiger partial charge in [0.25, 0.3) is 0 Å². The molecule has 2 heterocycles. The van der Waals surface area contributed by atoms with Crippen molar-refractivity contribution in [2.45, 2.75) is 69.7 Å². The zero-order chi connectivity index (χ0) is 19.8. The maximum absolute atomic E-state index is 12.7. The lowest BCUT2D eigenvalue weighted by molar-refractivity contribution is -0.968. The van der Waals surface area contributed by atoms with Crippen LogP contribution in [0.4, 0.5) is 0 Å². The molecule has 3 atom stereocenters. The van der Waals surface area contributed by atoms with E-state index in [1.807, 2.05) is 44.2 Å². The zero-order valence-electron chi connectivity index (χ0n) is 17.9. The first-order chi connectivity index (χ1) is 12.7. The van der Waals surface area contributed by atoms with E-state index in [2.05, 4.69) is 0 Å². The van der Waals surface area contributed by atoms with Gasteiger partial charge in [0.05, 0.1) is 35.8 Å². The second kappa shape index (κ2) is 8.35. The maximum atomic E-state index is 12.7. The Balaban J connectivity index is 0.00000280. The second-order valence-electron chi connectivity index (χ2n) is 7.49. The number of esters is 1. The number of rotatable bonds is 5. The molecule has 5 heteroatoms. The molecule has 2 fully saturated rings. The quantitative estimate of drug-likeness (QED) is 0.377. The van der Waals surface area contributed by atoms with E-state index in [0.29, 0.717) is 12.8 Å². The molecule has 4 nitrogen and oxygen atoms in total. The second-order valence-corrected chi connectivity index (χ2v) is 7.49. The van der Waals surface area contributed by atoms with Crippen molar-refractivity contribution in [3.63, 3.8) is 0 Å². The Kier molecular flexibility index (Phi) is 5.52. The number of benzene rings is 1. The van der Waals surface area contributed by atoms with Crippen molar-refractivity contribution in [1.82, 2.24) is 0 Å². The average molecular weight is 462 g/mol. The topological polar surface area (TPSA) is 46.5 Å². The molecule has 2 aliphatic rings. The molecule has 0 radical (unpaired) electrons. The van der Waals surface area contributed by atoms with Crippen LogP contribution in [0.1, 0.15) is 55.1 Å². The summed E-state index contributed by atoms with van der Waals surface area (Å²) in [6.07, 6.45) is 2.59. The van der Waals surface area contributed by atoms with Crippen molar-refractivity contribution < 1.29 is 47.2 Å². The standard InChI is InChI=1S/C20H30NO3.HI/c1-14(2)21(3)16-9-10-17(21)12-18(11-16)24-20(23)19(13-22)15-7-5-4-6-8-15;/h4-8,14,16-19,22H,9-13H2,1-3H3;1H/q+1;/p-1/i3D3;. The van der Waals surface area contributed by atoms with Crippen LogP contribution < -0.4 is 24.0 Å². The molecule has 2 aliphatic heterocycles. The van der Waals surface area contributed by atoms with Gasteiger partial charge in [0.1, 0.15) is 12.0 Å². The van der Waals surface area contributed by atoms with E-state index >= 15 is 0 Å². The van der Waals surface area contributed by atoms with Crippen LogP contribution in [0.2, 0.25) is 0 Å². The molecule has 2 saturated heterocycles. The number of carbonyl (C=O) groups excluding carboxylic acids is 1. The number of halogens is 1. The number of aliphatic hydroxyl groups excluding tert-OH is 1. The van der Waals surface area contributed by atoms with Crippen molar-refractivity contribution in [3.8, 4) is 0 Å². The molecule has 1 aromatic carbocycles. The molecule has 1 N–H and O–H groups in total. The molecule has 3 rings (SSSR count). The number of ether oxygens (including phenoxy) is 1. The minimum absolute atomic E-state index is 0. The lowest BCUT2D eigenvalue weighted by Gasteiger charge is -2.49. The van der Waals surface area contributed by atoms with E-state index in [4.69, 9.17) is 8.85 Å². The Hall–Kier alpha value is -0.660. The number of piperidine rings is 1. The SMILES string of the molecule is [2H]C([2H])([2H])[N+]1(C(C)C)C2CCC1CC(OC(=O)C(CO)c1ccccc1)C2.[I-]. The molecule has 0 amide bonds. The predicted molar refractivity (Wildman–Crippen MR) is 93.5 cm³/mol. The first kappa shape index (κ1) is 16.5. The number of fused-ring (bicyclic) bond motifs is 2. The largest absolute Gasteiger partial charge is 1.00 e. The van der Waals surface area contributed by atoms with Crippen molar-refractivity contribution in [1.29, 1.82) is 0 Å². The van der Waals surface area contributed by atoms with Gasteiger partial charge in [0, 0.05) is 25.7 Å². The van der Waals surface area contributed by atoms with Gasteiger partial charge in [-0.1, -0.05) is 30.3 Å². The first-order valence-corrected chi connectivity index (χ1v) is 8.96. The molecule has 0 aromatic heterocycles. The zero-order valence-corrected chi connectivity index (χ0v) is 17.1. The van der Waals surface area contributed by atoms with Crippen LogP contribution >= 0.6 is 0 Å². The van der Waals surface area contributed by atoms with E-state index in [9.17, 15) is 9.90 Å². The molecule has 0 saturated carbocycles. The maximum Gasteiger partial charge on any atom is 0.316 e. The van der Waals surface area contributed by atoms with Gasteiger partial charge in [-0.25, -0.2) is 0 Å². The number of hydrogen-bond acceptors (Lipinski definition) is 3. The number of hydrogen-bond donors (Lipinski definition) is 1. The third-order valence-electron chi connectivity index (χ3n) is 5.92. The van der Waals surface area contributed by atoms with Gasteiger partial charge in [-0.2, -0.15) is 0 Å². The highest BCUT2D eigenvalue weighted by molar-refractivity contribution is 5.78. The number of aliphatic hydroxyl groups is 1. The van der Waals surface area contributed by atoms with Crippen LogP contribution in [-0.2, 0) is 9.53 Å². The summed E-state index contributed by atoms with van der Waals surface area (Å²) in [7, 11) is 0. The van der Waals surface area contributed by atoms with Crippen LogP contribution in [0.15, 0.2) is 30.3 Å². The fourth-order valence-electron chi connectivity index (χ4n) is 4.59. The van der Waals surface area contributed by atoms with Crippen molar-refractivity contribution in [2.75, 3.05) is 13.6 Å². The average Bonchev–Trinajstić information content (AvgIpc) is 2.83. The lowest BCUT2D eigenvalue weighted by atomic mass is 9.94. The number of nitrogens with zero attached hydrogens (tertiary/aromatic N) is 1. The summed E-state index contributed by atoms with van der Waals surface area (Å²) in [5, 5.41) is 9.68. The van der Waals surface area contributed by atoms with Crippen LogP contribution in [0.5, 0.6) is 0 Å². The Morgan fingerprint density at radius 2 is 1.88 bits per heavy atom. The van der Waals surface area contributed by atoms with Gasteiger partial charge in [-0.3, -0.25) is 4.79 Å². The van der Waals surface area contributed by atoms with Crippen LogP contribution in [0, 0.1) is 0 Å². The van der Waals surface area contributed by atoms with Gasteiger partial charge in [-0.15, -0.1) is 0 Å². The fourth-order valence-corrected chi connectivity index (χ4v) is 4.59. The molecule has 0 aliphatic carbocycles. The molecular formula is C20H30INO3. The van der Waals surface area contributed by atoms with Gasteiger partial charge < -0.3 is 38.3 Å². The van der Waals surface area contributed by atoms with Gasteiger partial charge in [0.2, 0.25) is 0 Å². The van der Waals surface area contributed by atoms with E-state index in [0.717, 1.165) is 18.4 Å². The monoisotopic (exact) mass is 462 g/mol. The normalized spacial score (nSPS) is 34.4.